The minimum Gasteiger partial charge on any atom is -0.444 e. The number of carbonyl (C=O) groups excluding carboxylic acids is 1. The summed E-state index contributed by atoms with van der Waals surface area (Å²) in [4.78, 5) is 16.5. The molecule has 2 unspecified atom stereocenters. The van der Waals surface area contributed by atoms with Gasteiger partial charge in [-0.1, -0.05) is 12.1 Å². The second-order valence-electron chi connectivity index (χ2n) is 7.19. The maximum Gasteiger partial charge on any atom is 0.407 e. The number of ether oxygens (including phenoxy) is 1. The molecule has 0 radical (unpaired) electrons. The maximum absolute atomic E-state index is 11.8. The average molecular weight is 332 g/mol. The summed E-state index contributed by atoms with van der Waals surface area (Å²) in [7, 11) is 2.02. The van der Waals surface area contributed by atoms with Crippen molar-refractivity contribution in [2.75, 3.05) is 6.54 Å². The van der Waals surface area contributed by atoms with Gasteiger partial charge in [-0.05, 0) is 46.8 Å². The van der Waals surface area contributed by atoms with Crippen molar-refractivity contribution < 1.29 is 9.53 Å². The molecule has 132 valence electrons. The molecule has 0 fully saturated rings. The summed E-state index contributed by atoms with van der Waals surface area (Å²) in [6.07, 6.45) is -0.396. The van der Waals surface area contributed by atoms with Crippen LogP contribution in [0, 0.1) is 0 Å². The van der Waals surface area contributed by atoms with E-state index in [1.54, 1.807) is 0 Å². The van der Waals surface area contributed by atoms with Gasteiger partial charge in [-0.3, -0.25) is 0 Å². The molecule has 1 aromatic heterocycles. The third-order valence-electron chi connectivity index (χ3n) is 3.70. The van der Waals surface area contributed by atoms with E-state index in [1.165, 1.54) is 0 Å². The van der Waals surface area contributed by atoms with Gasteiger partial charge < -0.3 is 19.9 Å². The fourth-order valence-corrected chi connectivity index (χ4v) is 2.56. The van der Waals surface area contributed by atoms with E-state index in [4.69, 9.17) is 4.74 Å². The summed E-state index contributed by atoms with van der Waals surface area (Å²) < 4.78 is 7.36. The van der Waals surface area contributed by atoms with Crippen LogP contribution in [0.1, 0.15) is 46.5 Å². The lowest BCUT2D eigenvalue weighted by Crippen LogP contribution is -2.43. The molecular formula is C18H28N4O2. The number of alkyl carbamates (subject to hydrolysis) is 1. The van der Waals surface area contributed by atoms with Crippen LogP contribution in [0.2, 0.25) is 0 Å². The van der Waals surface area contributed by atoms with Crippen molar-refractivity contribution >= 4 is 17.1 Å². The molecule has 0 saturated carbocycles. The molecule has 2 atom stereocenters. The SMILES string of the molecule is CC(CNC(C)c1nc2ccccc2n1C)NC(=O)OC(C)(C)C. The molecule has 0 aliphatic heterocycles. The number of rotatable bonds is 5. The van der Waals surface area contributed by atoms with Gasteiger partial charge in [0.05, 0.1) is 17.1 Å². The highest BCUT2D eigenvalue weighted by molar-refractivity contribution is 5.75. The zero-order chi connectivity index (χ0) is 17.9. The smallest absolute Gasteiger partial charge is 0.407 e. The van der Waals surface area contributed by atoms with E-state index < -0.39 is 11.7 Å². The van der Waals surface area contributed by atoms with Crippen LogP contribution in [0.4, 0.5) is 4.79 Å². The number of aryl methyl sites for hydroxylation is 1. The maximum atomic E-state index is 11.8. The normalized spacial score (nSPS) is 14.4. The van der Waals surface area contributed by atoms with Gasteiger partial charge in [0.25, 0.3) is 0 Å². The number of fused-ring (bicyclic) bond motifs is 1. The molecular weight excluding hydrogens is 304 g/mol. The number of hydrogen-bond donors (Lipinski definition) is 2. The molecule has 6 nitrogen and oxygen atoms in total. The number of nitrogens with zero attached hydrogens (tertiary/aromatic N) is 2. The van der Waals surface area contributed by atoms with Crippen LogP contribution in [0.15, 0.2) is 24.3 Å². The lowest BCUT2D eigenvalue weighted by atomic mass is 10.2. The summed E-state index contributed by atoms with van der Waals surface area (Å²) in [6.45, 7) is 10.2. The molecule has 2 N–H and O–H groups in total. The van der Waals surface area contributed by atoms with Crippen LogP contribution in [0.25, 0.3) is 11.0 Å². The molecule has 6 heteroatoms. The van der Waals surface area contributed by atoms with Gasteiger partial charge in [0.1, 0.15) is 11.4 Å². The number of hydrogen-bond acceptors (Lipinski definition) is 4. The third kappa shape index (κ3) is 4.71. The molecule has 2 rings (SSSR count). The Kier molecular flexibility index (Phi) is 5.49. The van der Waals surface area contributed by atoms with E-state index in [1.807, 2.05) is 52.9 Å². The van der Waals surface area contributed by atoms with Crippen molar-refractivity contribution in [1.29, 1.82) is 0 Å². The predicted octanol–water partition coefficient (Wildman–Crippen LogP) is 3.14. The van der Waals surface area contributed by atoms with Crippen molar-refractivity contribution in [2.45, 2.75) is 52.3 Å². The number of para-hydroxylation sites is 2. The highest BCUT2D eigenvalue weighted by atomic mass is 16.6. The molecule has 1 heterocycles. The fraction of sp³-hybridized carbons (Fsp3) is 0.556. The number of imidazole rings is 1. The zero-order valence-corrected chi connectivity index (χ0v) is 15.4. The second kappa shape index (κ2) is 7.21. The quantitative estimate of drug-likeness (QED) is 0.882. The second-order valence-corrected chi connectivity index (χ2v) is 7.19. The first-order chi connectivity index (χ1) is 11.2. The molecule has 1 aromatic carbocycles. The summed E-state index contributed by atoms with van der Waals surface area (Å²) in [5.41, 5.74) is 1.61. The average Bonchev–Trinajstić information content (AvgIpc) is 2.80. The minimum atomic E-state index is -0.489. The van der Waals surface area contributed by atoms with Gasteiger partial charge in [-0.15, -0.1) is 0 Å². The molecule has 2 aromatic rings. The summed E-state index contributed by atoms with van der Waals surface area (Å²) in [5.74, 6) is 0.973. The third-order valence-corrected chi connectivity index (χ3v) is 3.70. The molecule has 24 heavy (non-hydrogen) atoms. The Morgan fingerprint density at radius 1 is 1.29 bits per heavy atom. The summed E-state index contributed by atoms with van der Waals surface area (Å²) in [6, 6.07) is 8.11. The number of benzene rings is 1. The van der Waals surface area contributed by atoms with E-state index in [2.05, 4.69) is 33.2 Å². The minimum absolute atomic E-state index is 0.0445. The fourth-order valence-electron chi connectivity index (χ4n) is 2.56. The Labute approximate surface area is 143 Å². The largest absolute Gasteiger partial charge is 0.444 e. The first-order valence-corrected chi connectivity index (χ1v) is 8.31. The van der Waals surface area contributed by atoms with E-state index in [-0.39, 0.29) is 12.1 Å². The number of amides is 1. The molecule has 1 amide bonds. The first kappa shape index (κ1) is 18.3. The van der Waals surface area contributed by atoms with Gasteiger partial charge in [-0.2, -0.15) is 0 Å². The van der Waals surface area contributed by atoms with Gasteiger partial charge in [-0.25, -0.2) is 9.78 Å². The van der Waals surface area contributed by atoms with Gasteiger partial charge in [0.2, 0.25) is 0 Å². The lowest BCUT2D eigenvalue weighted by molar-refractivity contribution is 0.0507. The van der Waals surface area contributed by atoms with Crippen LogP contribution >= 0.6 is 0 Å². The number of carbonyl (C=O) groups is 1. The van der Waals surface area contributed by atoms with E-state index in [0.29, 0.717) is 6.54 Å². The predicted molar refractivity (Wildman–Crippen MR) is 96.0 cm³/mol. The Morgan fingerprint density at radius 3 is 2.58 bits per heavy atom. The Balaban J connectivity index is 1.91. The first-order valence-electron chi connectivity index (χ1n) is 8.31. The van der Waals surface area contributed by atoms with E-state index >= 15 is 0 Å². The Bertz CT molecular complexity index is 703. The zero-order valence-electron chi connectivity index (χ0n) is 15.4. The van der Waals surface area contributed by atoms with Crippen molar-refractivity contribution in [1.82, 2.24) is 20.2 Å². The van der Waals surface area contributed by atoms with Crippen molar-refractivity contribution in [3.63, 3.8) is 0 Å². The monoisotopic (exact) mass is 332 g/mol. The molecule has 0 saturated heterocycles. The van der Waals surface area contributed by atoms with Crippen LogP contribution < -0.4 is 10.6 Å². The molecule has 0 spiro atoms. The Morgan fingerprint density at radius 2 is 1.96 bits per heavy atom. The van der Waals surface area contributed by atoms with Crippen molar-refractivity contribution in [2.24, 2.45) is 7.05 Å². The van der Waals surface area contributed by atoms with Crippen molar-refractivity contribution in [3.05, 3.63) is 30.1 Å². The molecule has 0 aliphatic carbocycles. The lowest BCUT2D eigenvalue weighted by Gasteiger charge is -2.23. The number of aromatic nitrogens is 2. The summed E-state index contributed by atoms with van der Waals surface area (Å²) in [5, 5.41) is 6.25. The van der Waals surface area contributed by atoms with Crippen LogP contribution in [-0.4, -0.2) is 33.8 Å². The van der Waals surface area contributed by atoms with E-state index in [9.17, 15) is 4.79 Å². The summed E-state index contributed by atoms with van der Waals surface area (Å²) >= 11 is 0. The van der Waals surface area contributed by atoms with Gasteiger partial charge in [0, 0.05) is 19.6 Å². The van der Waals surface area contributed by atoms with Gasteiger partial charge in [0.15, 0.2) is 0 Å². The van der Waals surface area contributed by atoms with Crippen LogP contribution in [0.5, 0.6) is 0 Å². The van der Waals surface area contributed by atoms with Crippen LogP contribution in [0.3, 0.4) is 0 Å². The molecule has 0 aliphatic rings. The standard InChI is InChI=1S/C18H28N4O2/c1-12(20-17(23)24-18(3,4)5)11-19-13(2)16-21-14-9-7-8-10-15(14)22(16)6/h7-10,12-13,19H,11H2,1-6H3,(H,20,23). The van der Waals surface area contributed by atoms with Crippen LogP contribution in [-0.2, 0) is 11.8 Å². The van der Waals surface area contributed by atoms with E-state index in [0.717, 1.165) is 16.9 Å². The van der Waals surface area contributed by atoms with Crippen molar-refractivity contribution in [3.8, 4) is 0 Å². The highest BCUT2D eigenvalue weighted by Gasteiger charge is 2.19. The number of nitrogens with one attached hydrogen (secondary N) is 2. The topological polar surface area (TPSA) is 68.2 Å². The molecule has 0 bridgehead atoms. The Hall–Kier alpha value is -2.08. The highest BCUT2D eigenvalue weighted by Crippen LogP contribution is 2.19. The van der Waals surface area contributed by atoms with Gasteiger partial charge >= 0.3 is 6.09 Å².